The molecule has 0 unspecified atom stereocenters. The number of hydrogen-bond donors (Lipinski definition) is 0. The summed E-state index contributed by atoms with van der Waals surface area (Å²) >= 11 is 0. The Bertz CT molecular complexity index is 31.1. The normalized spacial score (nSPS) is 2.75. The molecule has 0 heterocycles. The summed E-state index contributed by atoms with van der Waals surface area (Å²) in [5.41, 5.74) is 0. The van der Waals surface area contributed by atoms with Gasteiger partial charge in [-0.2, -0.15) is 0 Å². The smallest absolute Gasteiger partial charge is 1.00 e. The van der Waals surface area contributed by atoms with Gasteiger partial charge in [0, 0.05) is 0 Å². The van der Waals surface area contributed by atoms with Crippen molar-refractivity contribution in [3.8, 4) is 0 Å². The first kappa shape index (κ1) is 8.99. The van der Waals surface area contributed by atoms with Crippen LogP contribution in [0.5, 0.6) is 0 Å². The molecule has 0 aromatic rings. The molecule has 0 atom stereocenters. The van der Waals surface area contributed by atoms with Crippen molar-refractivity contribution in [2.24, 2.45) is 0 Å². The fourth-order valence-corrected chi connectivity index (χ4v) is 0. The number of rotatable bonds is 0. The van der Waals surface area contributed by atoms with Crippen LogP contribution in [0.3, 0.4) is 0 Å². The predicted octanol–water partition coefficient (Wildman–Crippen LogP) is -3.76. The maximum atomic E-state index is 7.26. The SMILES string of the molecule is N#[N+][SiH3].[H-].[K+]. The molecule has 4 heavy (non-hydrogen) atoms. The Kier molecular flexibility index (Phi) is 19.9. The molecule has 0 aliphatic rings. The minimum absolute atomic E-state index is 0. The van der Waals surface area contributed by atoms with Gasteiger partial charge in [0.1, 0.15) is 0 Å². The molecule has 0 saturated heterocycles. The van der Waals surface area contributed by atoms with E-state index in [1.165, 1.54) is 0 Å². The van der Waals surface area contributed by atoms with Crippen molar-refractivity contribution in [1.29, 1.82) is 5.39 Å². The second-order valence-electron chi connectivity index (χ2n) is 0.200. The van der Waals surface area contributed by atoms with E-state index in [1.54, 1.807) is 0 Å². The van der Waals surface area contributed by atoms with Crippen LogP contribution in [-0.2, 0) is 0 Å². The molecule has 0 aromatic heterocycles. The van der Waals surface area contributed by atoms with Gasteiger partial charge in [-0.3, -0.25) is 0 Å². The molecular formula is H4KN2Si+. The summed E-state index contributed by atoms with van der Waals surface area (Å²) in [6.45, 7) is 0. The van der Waals surface area contributed by atoms with Gasteiger partial charge in [0.2, 0.25) is 0 Å². The summed E-state index contributed by atoms with van der Waals surface area (Å²) in [7, 11) is 0.549. The standard InChI is InChI=1S/K.H3N2Si.H/c;1-2-3;/h;3H3;/q2*+1;-1. The first-order valence-corrected chi connectivity index (χ1v) is 1.54. The van der Waals surface area contributed by atoms with E-state index in [0.29, 0.717) is 10.4 Å². The van der Waals surface area contributed by atoms with E-state index in [2.05, 4.69) is 4.64 Å². The molecule has 0 fully saturated rings. The van der Waals surface area contributed by atoms with Gasteiger partial charge >= 0.3 is 61.8 Å². The number of nitrogens with zero attached hydrogens (tertiary/aromatic N) is 2. The number of diazo groups is 1. The Morgan fingerprint density at radius 3 is 2.00 bits per heavy atom. The summed E-state index contributed by atoms with van der Waals surface area (Å²) in [4.78, 5) is 0. The largest absolute Gasteiger partial charge is 1.00 e. The van der Waals surface area contributed by atoms with Gasteiger partial charge in [-0.1, -0.05) is 0 Å². The Morgan fingerprint density at radius 2 is 2.00 bits per heavy atom. The second kappa shape index (κ2) is 8.86. The predicted molar refractivity (Wildman–Crippen MR) is 16.1 cm³/mol. The van der Waals surface area contributed by atoms with Crippen molar-refractivity contribution >= 4 is 10.4 Å². The Balaban J connectivity index is -0.0000000200. The van der Waals surface area contributed by atoms with Crippen LogP contribution in [-0.4, -0.2) is 10.4 Å². The fraction of sp³-hybridized carbons (Fsp3) is 0. The third-order valence-corrected chi connectivity index (χ3v) is 0. The Labute approximate surface area is 72.0 Å². The van der Waals surface area contributed by atoms with E-state index in [4.69, 9.17) is 5.39 Å². The maximum absolute atomic E-state index is 7.26. The van der Waals surface area contributed by atoms with Crippen molar-refractivity contribution in [3.05, 3.63) is 4.64 Å². The van der Waals surface area contributed by atoms with Crippen LogP contribution in [0.25, 0.3) is 4.64 Å². The zero-order chi connectivity index (χ0) is 2.71. The third-order valence-electron chi connectivity index (χ3n) is 0. The first-order valence-electron chi connectivity index (χ1n) is 0.647. The molecule has 0 N–H and O–H groups in total. The van der Waals surface area contributed by atoms with Gasteiger partial charge in [-0.15, -0.1) is 0 Å². The van der Waals surface area contributed by atoms with Crippen LogP contribution < -0.4 is 51.4 Å². The summed E-state index contributed by atoms with van der Waals surface area (Å²) in [6, 6.07) is 0. The molecule has 0 amide bonds. The monoisotopic (exact) mass is 99.0 g/mol. The van der Waals surface area contributed by atoms with Crippen LogP contribution in [0.2, 0.25) is 0 Å². The van der Waals surface area contributed by atoms with E-state index in [9.17, 15) is 0 Å². The van der Waals surface area contributed by atoms with Crippen LogP contribution in [0.15, 0.2) is 0 Å². The Morgan fingerprint density at radius 1 is 2.00 bits per heavy atom. The molecule has 4 heteroatoms. The second-order valence-corrected chi connectivity index (χ2v) is 0.600. The topological polar surface area (TPSA) is 28.1 Å². The molecule has 0 bridgehead atoms. The van der Waals surface area contributed by atoms with Crippen molar-refractivity contribution in [3.63, 3.8) is 0 Å². The minimum Gasteiger partial charge on any atom is -1.00 e. The van der Waals surface area contributed by atoms with Gasteiger partial charge in [-0.25, -0.2) is 0 Å². The molecule has 18 valence electrons. The van der Waals surface area contributed by atoms with Crippen LogP contribution in [0.4, 0.5) is 0 Å². The van der Waals surface area contributed by atoms with E-state index in [-0.39, 0.29) is 52.8 Å². The summed E-state index contributed by atoms with van der Waals surface area (Å²) in [6.07, 6.45) is 0. The average molecular weight is 99.2 g/mol. The van der Waals surface area contributed by atoms with Crippen molar-refractivity contribution < 1.29 is 52.8 Å². The van der Waals surface area contributed by atoms with Crippen LogP contribution in [0.1, 0.15) is 1.43 Å². The molecular weight excluding hydrogens is 95.2 g/mol. The molecule has 0 saturated carbocycles. The summed E-state index contributed by atoms with van der Waals surface area (Å²) < 4.78 is 2.64. The minimum atomic E-state index is 0. The van der Waals surface area contributed by atoms with Crippen molar-refractivity contribution in [2.45, 2.75) is 0 Å². The molecule has 0 aromatic carbocycles. The summed E-state index contributed by atoms with van der Waals surface area (Å²) in [5, 5.41) is 7.26. The van der Waals surface area contributed by atoms with Crippen LogP contribution >= 0.6 is 0 Å². The zero-order valence-corrected chi connectivity index (χ0v) is 8.02. The first-order chi connectivity index (χ1) is 1.41. The maximum Gasteiger partial charge on any atom is 1.00 e. The molecule has 0 aliphatic carbocycles. The van der Waals surface area contributed by atoms with E-state index < -0.39 is 0 Å². The van der Waals surface area contributed by atoms with Crippen LogP contribution in [0, 0.1) is 5.39 Å². The zero-order valence-electron chi connectivity index (χ0n) is 3.89. The van der Waals surface area contributed by atoms with E-state index in [1.807, 2.05) is 0 Å². The van der Waals surface area contributed by atoms with Gasteiger partial charge < -0.3 is 1.43 Å². The molecule has 0 aliphatic heterocycles. The molecule has 2 nitrogen and oxygen atoms in total. The molecule has 0 spiro atoms. The average Bonchev–Trinajstić information content (AvgIpc) is 0.918. The molecule has 0 rings (SSSR count). The van der Waals surface area contributed by atoms with Gasteiger partial charge in [-0.05, 0) is 4.64 Å². The van der Waals surface area contributed by atoms with Gasteiger partial charge in [0.05, 0.1) is 0 Å². The van der Waals surface area contributed by atoms with Gasteiger partial charge in [0.15, 0.2) is 5.39 Å². The molecule has 0 radical (unpaired) electrons. The van der Waals surface area contributed by atoms with Gasteiger partial charge in [0.25, 0.3) is 0 Å². The van der Waals surface area contributed by atoms with Crippen molar-refractivity contribution in [2.75, 3.05) is 0 Å². The summed E-state index contributed by atoms with van der Waals surface area (Å²) in [5.74, 6) is 0. The fourth-order valence-electron chi connectivity index (χ4n) is 0. The number of hydrogen-bond acceptors (Lipinski definition) is 1. The van der Waals surface area contributed by atoms with Crippen molar-refractivity contribution in [1.82, 2.24) is 0 Å². The van der Waals surface area contributed by atoms with E-state index in [0.717, 1.165) is 0 Å². The quantitative estimate of drug-likeness (QED) is 0.226. The van der Waals surface area contributed by atoms with E-state index >= 15 is 0 Å². The Hall–Kier alpha value is 1.27. The third kappa shape index (κ3) is 10.4.